The van der Waals surface area contributed by atoms with Crippen molar-refractivity contribution < 1.29 is 0 Å². The standard InChI is InChI=1S/C18H21ClN2/c1-13(11-14-5-7-16(19)8-6-14)21-10-9-15-3-2-4-18(20)17(15)12-21/h2-8,13H,9-12,20H2,1H3. The Bertz CT molecular complexity index is 622. The predicted molar refractivity (Wildman–Crippen MR) is 89.6 cm³/mol. The second-order valence-electron chi connectivity index (χ2n) is 5.89. The van der Waals surface area contributed by atoms with Crippen LogP contribution in [0.25, 0.3) is 0 Å². The maximum absolute atomic E-state index is 6.13. The van der Waals surface area contributed by atoms with Crippen LogP contribution in [0, 0.1) is 0 Å². The normalized spacial score (nSPS) is 16.5. The van der Waals surface area contributed by atoms with Gasteiger partial charge in [-0.3, -0.25) is 4.90 Å². The summed E-state index contributed by atoms with van der Waals surface area (Å²) in [6, 6.07) is 14.9. The fourth-order valence-corrected chi connectivity index (χ4v) is 3.22. The van der Waals surface area contributed by atoms with Crippen molar-refractivity contribution in [1.82, 2.24) is 4.90 Å². The third kappa shape index (κ3) is 3.22. The zero-order valence-corrected chi connectivity index (χ0v) is 13.1. The highest BCUT2D eigenvalue weighted by Crippen LogP contribution is 2.26. The fraction of sp³-hybridized carbons (Fsp3) is 0.333. The molecule has 0 radical (unpaired) electrons. The molecular formula is C18H21ClN2. The predicted octanol–water partition coefficient (Wildman–Crippen LogP) is 3.91. The summed E-state index contributed by atoms with van der Waals surface area (Å²) in [6.07, 6.45) is 2.13. The lowest BCUT2D eigenvalue weighted by Gasteiger charge is -2.34. The average molecular weight is 301 g/mol. The van der Waals surface area contributed by atoms with Crippen LogP contribution >= 0.6 is 11.6 Å². The first-order chi connectivity index (χ1) is 10.1. The smallest absolute Gasteiger partial charge is 0.0406 e. The minimum absolute atomic E-state index is 0.499. The average Bonchev–Trinajstić information content (AvgIpc) is 2.50. The highest BCUT2D eigenvalue weighted by molar-refractivity contribution is 6.30. The van der Waals surface area contributed by atoms with Crippen LogP contribution in [0.1, 0.15) is 23.6 Å². The van der Waals surface area contributed by atoms with Gasteiger partial charge in [-0.2, -0.15) is 0 Å². The highest BCUT2D eigenvalue weighted by Gasteiger charge is 2.22. The van der Waals surface area contributed by atoms with E-state index in [1.54, 1.807) is 0 Å². The topological polar surface area (TPSA) is 29.3 Å². The van der Waals surface area contributed by atoms with Crippen molar-refractivity contribution in [2.75, 3.05) is 12.3 Å². The van der Waals surface area contributed by atoms with E-state index in [0.717, 1.165) is 36.6 Å². The summed E-state index contributed by atoms with van der Waals surface area (Å²) in [5.74, 6) is 0. The summed E-state index contributed by atoms with van der Waals surface area (Å²) >= 11 is 5.95. The van der Waals surface area contributed by atoms with E-state index in [4.69, 9.17) is 17.3 Å². The minimum atomic E-state index is 0.499. The third-order valence-electron chi connectivity index (χ3n) is 4.41. The molecule has 3 rings (SSSR count). The largest absolute Gasteiger partial charge is 0.398 e. The van der Waals surface area contributed by atoms with Gasteiger partial charge in [-0.05, 0) is 54.7 Å². The zero-order valence-electron chi connectivity index (χ0n) is 12.3. The Balaban J connectivity index is 1.70. The van der Waals surface area contributed by atoms with Crippen molar-refractivity contribution >= 4 is 17.3 Å². The van der Waals surface area contributed by atoms with Gasteiger partial charge in [-0.15, -0.1) is 0 Å². The lowest BCUT2D eigenvalue weighted by atomic mass is 9.96. The number of hydrogen-bond donors (Lipinski definition) is 1. The van der Waals surface area contributed by atoms with Gasteiger partial charge in [-0.25, -0.2) is 0 Å². The molecule has 2 aromatic carbocycles. The molecule has 0 aliphatic carbocycles. The summed E-state index contributed by atoms with van der Waals surface area (Å²) in [7, 11) is 0. The Labute approximate surface area is 131 Å². The summed E-state index contributed by atoms with van der Waals surface area (Å²) in [5, 5.41) is 0.797. The van der Waals surface area contributed by atoms with Crippen LogP contribution < -0.4 is 5.73 Å². The number of halogens is 1. The van der Waals surface area contributed by atoms with Crippen LogP contribution in [0.2, 0.25) is 5.02 Å². The molecule has 0 saturated carbocycles. The van der Waals surface area contributed by atoms with Crippen molar-refractivity contribution in [3.63, 3.8) is 0 Å². The van der Waals surface area contributed by atoms with Crippen molar-refractivity contribution in [2.24, 2.45) is 0 Å². The summed E-state index contributed by atoms with van der Waals surface area (Å²) in [6.45, 7) is 4.35. The van der Waals surface area contributed by atoms with E-state index in [0.29, 0.717) is 6.04 Å². The summed E-state index contributed by atoms with van der Waals surface area (Å²) in [4.78, 5) is 2.52. The van der Waals surface area contributed by atoms with Crippen LogP contribution in [0.5, 0.6) is 0 Å². The Morgan fingerprint density at radius 2 is 1.95 bits per heavy atom. The molecule has 3 heteroatoms. The van der Waals surface area contributed by atoms with Crippen LogP contribution in [0.4, 0.5) is 5.69 Å². The van der Waals surface area contributed by atoms with E-state index in [1.807, 2.05) is 18.2 Å². The number of nitrogens with zero attached hydrogens (tertiary/aromatic N) is 1. The molecule has 1 unspecified atom stereocenters. The molecule has 2 N–H and O–H groups in total. The molecule has 1 aliphatic heterocycles. The first kappa shape index (κ1) is 14.4. The number of fused-ring (bicyclic) bond motifs is 1. The molecule has 0 saturated heterocycles. The second kappa shape index (κ2) is 6.08. The van der Waals surface area contributed by atoms with Crippen LogP contribution in [0.15, 0.2) is 42.5 Å². The van der Waals surface area contributed by atoms with Gasteiger partial charge >= 0.3 is 0 Å². The lowest BCUT2D eigenvalue weighted by Crippen LogP contribution is -2.39. The first-order valence-corrected chi connectivity index (χ1v) is 7.86. The molecule has 110 valence electrons. The van der Waals surface area contributed by atoms with Gasteiger partial charge in [0.25, 0.3) is 0 Å². The van der Waals surface area contributed by atoms with Gasteiger partial charge < -0.3 is 5.73 Å². The third-order valence-corrected chi connectivity index (χ3v) is 4.66. The SMILES string of the molecule is CC(Cc1ccc(Cl)cc1)N1CCc2cccc(N)c2C1. The fourth-order valence-electron chi connectivity index (χ4n) is 3.09. The number of nitrogens with two attached hydrogens (primary N) is 1. The number of rotatable bonds is 3. The Morgan fingerprint density at radius 3 is 2.71 bits per heavy atom. The van der Waals surface area contributed by atoms with Crippen molar-refractivity contribution in [3.05, 3.63) is 64.2 Å². The zero-order chi connectivity index (χ0) is 14.8. The number of benzene rings is 2. The second-order valence-corrected chi connectivity index (χ2v) is 6.32. The monoisotopic (exact) mass is 300 g/mol. The van der Waals surface area contributed by atoms with Crippen LogP contribution in [0.3, 0.4) is 0 Å². The molecule has 1 aliphatic rings. The van der Waals surface area contributed by atoms with Gasteiger partial charge in [0.05, 0.1) is 0 Å². The molecule has 1 heterocycles. The molecule has 0 fully saturated rings. The molecule has 2 aromatic rings. The highest BCUT2D eigenvalue weighted by atomic mass is 35.5. The Kier molecular flexibility index (Phi) is 4.18. The van der Waals surface area contributed by atoms with Gasteiger partial charge in [0.1, 0.15) is 0 Å². The van der Waals surface area contributed by atoms with Gasteiger partial charge in [-0.1, -0.05) is 35.9 Å². The Hall–Kier alpha value is -1.51. The molecule has 2 nitrogen and oxygen atoms in total. The van der Waals surface area contributed by atoms with Crippen molar-refractivity contribution in [1.29, 1.82) is 0 Å². The maximum Gasteiger partial charge on any atom is 0.0406 e. The maximum atomic E-state index is 6.13. The first-order valence-electron chi connectivity index (χ1n) is 7.48. The quantitative estimate of drug-likeness (QED) is 0.871. The van der Waals surface area contributed by atoms with E-state index in [-0.39, 0.29) is 0 Å². The summed E-state index contributed by atoms with van der Waals surface area (Å²) in [5.41, 5.74) is 11.1. The van der Waals surface area contributed by atoms with Crippen molar-refractivity contribution in [2.45, 2.75) is 32.4 Å². The number of hydrogen-bond acceptors (Lipinski definition) is 2. The van der Waals surface area contributed by atoms with Gasteiger partial charge in [0, 0.05) is 29.8 Å². The molecule has 1 atom stereocenters. The lowest BCUT2D eigenvalue weighted by molar-refractivity contribution is 0.190. The molecule has 0 spiro atoms. The van der Waals surface area contributed by atoms with E-state index >= 15 is 0 Å². The van der Waals surface area contributed by atoms with Crippen LogP contribution in [-0.2, 0) is 19.4 Å². The molecular weight excluding hydrogens is 280 g/mol. The van der Waals surface area contributed by atoms with Gasteiger partial charge in [0.2, 0.25) is 0 Å². The van der Waals surface area contributed by atoms with Crippen LogP contribution in [-0.4, -0.2) is 17.5 Å². The summed E-state index contributed by atoms with van der Waals surface area (Å²) < 4.78 is 0. The van der Waals surface area contributed by atoms with Crippen molar-refractivity contribution in [3.8, 4) is 0 Å². The van der Waals surface area contributed by atoms with E-state index in [2.05, 4.69) is 36.1 Å². The van der Waals surface area contributed by atoms with E-state index < -0.39 is 0 Å². The number of anilines is 1. The molecule has 0 bridgehead atoms. The van der Waals surface area contributed by atoms with E-state index in [9.17, 15) is 0 Å². The molecule has 0 aromatic heterocycles. The number of nitrogen functional groups attached to an aromatic ring is 1. The minimum Gasteiger partial charge on any atom is -0.398 e. The molecule has 21 heavy (non-hydrogen) atoms. The molecule has 0 amide bonds. The Morgan fingerprint density at radius 1 is 1.19 bits per heavy atom. The van der Waals surface area contributed by atoms with E-state index in [1.165, 1.54) is 16.7 Å². The van der Waals surface area contributed by atoms with Gasteiger partial charge in [0.15, 0.2) is 0 Å².